The monoisotopic (exact) mass is 397 g/mol. The van der Waals surface area contributed by atoms with Crippen molar-refractivity contribution in [1.29, 1.82) is 0 Å². The number of rotatable bonds is 4. The zero-order valence-corrected chi connectivity index (χ0v) is 16.1. The van der Waals surface area contributed by atoms with Gasteiger partial charge in [-0.25, -0.2) is 9.36 Å². The SMILES string of the molecule is c1ccc2c(c1)C(c1nnnn1CCc1c[nH]c3ccccc13)NCc1cnnn1-2. The first-order chi connectivity index (χ1) is 14.9. The number of benzene rings is 2. The van der Waals surface area contributed by atoms with Crippen molar-refractivity contribution in [1.82, 2.24) is 45.5 Å². The molecule has 2 aromatic carbocycles. The first-order valence-corrected chi connectivity index (χ1v) is 9.92. The van der Waals surface area contributed by atoms with E-state index in [-0.39, 0.29) is 6.04 Å². The van der Waals surface area contributed by atoms with Gasteiger partial charge in [0.25, 0.3) is 0 Å². The minimum absolute atomic E-state index is 0.138. The maximum Gasteiger partial charge on any atom is 0.172 e. The van der Waals surface area contributed by atoms with E-state index in [4.69, 9.17) is 0 Å². The van der Waals surface area contributed by atoms with Crippen molar-refractivity contribution in [2.24, 2.45) is 0 Å². The number of nitrogens with one attached hydrogen (secondary N) is 2. The van der Waals surface area contributed by atoms with Crippen molar-refractivity contribution in [2.75, 3.05) is 0 Å². The predicted molar refractivity (Wildman–Crippen MR) is 110 cm³/mol. The third-order valence-electron chi connectivity index (χ3n) is 5.67. The topological polar surface area (TPSA) is 102 Å². The lowest BCUT2D eigenvalue weighted by molar-refractivity contribution is 0.506. The van der Waals surface area contributed by atoms with Crippen molar-refractivity contribution in [2.45, 2.75) is 25.6 Å². The lowest BCUT2D eigenvalue weighted by atomic mass is 10.0. The summed E-state index contributed by atoms with van der Waals surface area (Å²) in [5.41, 5.74) is 5.47. The van der Waals surface area contributed by atoms with E-state index in [2.05, 4.69) is 66.6 Å². The summed E-state index contributed by atoms with van der Waals surface area (Å²) in [4.78, 5) is 3.34. The standard InChI is InChI=1S/C21H19N9/c1-3-7-18-16(5-1)14(11-22-18)9-10-29-21(25-26-28-29)20-17-6-2-4-8-19(17)30-15(12-23-20)13-24-27-30/h1-8,11,13,20,22-23H,9-10,12H2. The minimum Gasteiger partial charge on any atom is -0.361 e. The van der Waals surface area contributed by atoms with Crippen LogP contribution < -0.4 is 5.32 Å². The van der Waals surface area contributed by atoms with E-state index < -0.39 is 0 Å². The zero-order chi connectivity index (χ0) is 19.9. The van der Waals surface area contributed by atoms with Crippen molar-refractivity contribution in [3.05, 3.63) is 83.6 Å². The maximum atomic E-state index is 4.38. The van der Waals surface area contributed by atoms with Gasteiger partial charge in [0.15, 0.2) is 5.82 Å². The van der Waals surface area contributed by atoms with Gasteiger partial charge < -0.3 is 4.98 Å². The molecule has 0 saturated carbocycles. The Bertz CT molecular complexity index is 1330. The molecule has 9 heteroatoms. The molecule has 1 aliphatic rings. The highest BCUT2D eigenvalue weighted by molar-refractivity contribution is 5.82. The Labute approximate surface area is 171 Å². The Balaban J connectivity index is 1.33. The van der Waals surface area contributed by atoms with Crippen molar-refractivity contribution < 1.29 is 0 Å². The fraction of sp³-hybridized carbons (Fsp3) is 0.190. The van der Waals surface area contributed by atoms with Gasteiger partial charge >= 0.3 is 0 Å². The molecule has 0 spiro atoms. The second-order valence-electron chi connectivity index (χ2n) is 7.38. The van der Waals surface area contributed by atoms with Gasteiger partial charge in [-0.3, -0.25) is 5.32 Å². The van der Waals surface area contributed by atoms with Gasteiger partial charge in [0.1, 0.15) is 0 Å². The van der Waals surface area contributed by atoms with Gasteiger partial charge in [-0.1, -0.05) is 41.6 Å². The first-order valence-electron chi connectivity index (χ1n) is 9.92. The third kappa shape index (κ3) is 2.71. The fourth-order valence-corrected chi connectivity index (χ4v) is 4.19. The van der Waals surface area contributed by atoms with E-state index in [1.807, 2.05) is 33.6 Å². The number of para-hydroxylation sites is 2. The number of aromatic nitrogens is 8. The molecule has 30 heavy (non-hydrogen) atoms. The normalized spacial score (nSPS) is 15.7. The lowest BCUT2D eigenvalue weighted by Crippen LogP contribution is -2.25. The predicted octanol–water partition coefficient (Wildman–Crippen LogP) is 2.17. The van der Waals surface area contributed by atoms with E-state index in [9.17, 15) is 0 Å². The second kappa shape index (κ2) is 6.89. The molecule has 1 aliphatic heterocycles. The van der Waals surface area contributed by atoms with Gasteiger partial charge in [-0.05, 0) is 34.5 Å². The average Bonchev–Trinajstić information content (AvgIpc) is 3.51. The largest absolute Gasteiger partial charge is 0.361 e. The molecule has 0 radical (unpaired) electrons. The van der Waals surface area contributed by atoms with Crippen LogP contribution in [0.2, 0.25) is 0 Å². The number of aryl methyl sites for hydroxylation is 2. The van der Waals surface area contributed by atoms with Crippen LogP contribution in [0.25, 0.3) is 16.6 Å². The molecule has 5 aromatic rings. The summed E-state index contributed by atoms with van der Waals surface area (Å²) < 4.78 is 3.77. The molecule has 0 aliphatic carbocycles. The smallest absolute Gasteiger partial charge is 0.172 e. The van der Waals surface area contributed by atoms with E-state index in [0.29, 0.717) is 13.1 Å². The number of hydrogen-bond donors (Lipinski definition) is 2. The van der Waals surface area contributed by atoms with Crippen molar-refractivity contribution in [3.8, 4) is 5.69 Å². The van der Waals surface area contributed by atoms with Crippen LogP contribution in [0.5, 0.6) is 0 Å². The molecule has 0 bridgehead atoms. The summed E-state index contributed by atoms with van der Waals surface area (Å²) in [6.45, 7) is 1.32. The minimum atomic E-state index is -0.138. The third-order valence-corrected chi connectivity index (χ3v) is 5.67. The molecule has 1 atom stereocenters. The van der Waals surface area contributed by atoms with Crippen LogP contribution in [-0.4, -0.2) is 40.2 Å². The maximum absolute atomic E-state index is 4.38. The van der Waals surface area contributed by atoms with E-state index >= 15 is 0 Å². The van der Waals surface area contributed by atoms with Gasteiger partial charge in [-0.15, -0.1) is 10.2 Å². The average molecular weight is 397 g/mol. The highest BCUT2D eigenvalue weighted by Crippen LogP contribution is 2.29. The molecule has 0 fully saturated rings. The van der Waals surface area contributed by atoms with Gasteiger partial charge in [-0.2, -0.15) is 0 Å². The van der Waals surface area contributed by atoms with Gasteiger partial charge in [0.2, 0.25) is 0 Å². The van der Waals surface area contributed by atoms with Gasteiger partial charge in [0, 0.05) is 35.8 Å². The summed E-state index contributed by atoms with van der Waals surface area (Å²) >= 11 is 0. The summed E-state index contributed by atoms with van der Waals surface area (Å²) in [6.07, 6.45) is 4.69. The molecular formula is C21H19N9. The molecule has 148 valence electrons. The molecule has 0 amide bonds. The summed E-state index contributed by atoms with van der Waals surface area (Å²) in [6, 6.07) is 16.4. The van der Waals surface area contributed by atoms with Crippen molar-refractivity contribution >= 4 is 10.9 Å². The number of hydrogen-bond acceptors (Lipinski definition) is 6. The van der Waals surface area contributed by atoms with Crippen LogP contribution in [0.1, 0.15) is 28.7 Å². The molecule has 6 rings (SSSR count). The number of tetrazole rings is 1. The first kappa shape index (κ1) is 17.0. The summed E-state index contributed by atoms with van der Waals surface area (Å²) in [5, 5.41) is 25.8. The van der Waals surface area contributed by atoms with Crippen LogP contribution in [0, 0.1) is 0 Å². The Kier molecular flexibility index (Phi) is 3.91. The highest BCUT2D eigenvalue weighted by atomic mass is 15.5. The number of H-pyrrole nitrogens is 1. The molecule has 3 aromatic heterocycles. The quantitative estimate of drug-likeness (QED) is 0.482. The van der Waals surface area contributed by atoms with E-state index in [0.717, 1.165) is 34.7 Å². The summed E-state index contributed by atoms with van der Waals surface area (Å²) in [7, 11) is 0. The Morgan fingerprint density at radius 3 is 2.93 bits per heavy atom. The van der Waals surface area contributed by atoms with Gasteiger partial charge in [0.05, 0.1) is 23.6 Å². The highest BCUT2D eigenvalue weighted by Gasteiger charge is 2.27. The number of nitrogens with zero attached hydrogens (tertiary/aromatic N) is 7. The Morgan fingerprint density at radius 2 is 1.93 bits per heavy atom. The molecular weight excluding hydrogens is 378 g/mol. The molecule has 2 N–H and O–H groups in total. The fourth-order valence-electron chi connectivity index (χ4n) is 4.19. The lowest BCUT2D eigenvalue weighted by Gasteiger charge is -2.17. The van der Waals surface area contributed by atoms with Crippen LogP contribution >= 0.6 is 0 Å². The van der Waals surface area contributed by atoms with Crippen LogP contribution in [0.15, 0.2) is 60.9 Å². The molecule has 0 saturated heterocycles. The molecule has 9 nitrogen and oxygen atoms in total. The number of aromatic amines is 1. The second-order valence-corrected chi connectivity index (χ2v) is 7.38. The Morgan fingerprint density at radius 1 is 1.03 bits per heavy atom. The van der Waals surface area contributed by atoms with Crippen LogP contribution in [-0.2, 0) is 19.5 Å². The van der Waals surface area contributed by atoms with E-state index in [1.165, 1.54) is 10.9 Å². The van der Waals surface area contributed by atoms with Crippen LogP contribution in [0.3, 0.4) is 0 Å². The molecule has 4 heterocycles. The zero-order valence-electron chi connectivity index (χ0n) is 16.1. The van der Waals surface area contributed by atoms with Crippen LogP contribution in [0.4, 0.5) is 0 Å². The number of fused-ring (bicyclic) bond motifs is 4. The summed E-state index contributed by atoms with van der Waals surface area (Å²) in [5.74, 6) is 0.793. The Hall–Kier alpha value is -3.85. The molecule has 1 unspecified atom stereocenters. The van der Waals surface area contributed by atoms with E-state index in [1.54, 1.807) is 6.20 Å². The van der Waals surface area contributed by atoms with Crippen molar-refractivity contribution in [3.63, 3.8) is 0 Å².